The molecule has 0 fully saturated rings. The molecule has 0 aliphatic heterocycles. The summed E-state index contributed by atoms with van der Waals surface area (Å²) in [6.07, 6.45) is -28.3. The molecule has 91 heavy (non-hydrogen) atoms. The van der Waals surface area contributed by atoms with Crippen molar-refractivity contribution in [3.8, 4) is 0 Å². The lowest BCUT2D eigenvalue weighted by Gasteiger charge is -2.46. The molecule has 29 heteroatoms. The number of halogens is 24. The van der Waals surface area contributed by atoms with E-state index in [1.54, 1.807) is 12.4 Å². The maximum absolute atomic E-state index is 14.2. The zero-order chi connectivity index (χ0) is 68.0. The van der Waals surface area contributed by atoms with Gasteiger partial charge in [-0.25, -0.2) is 4.79 Å². The minimum absolute atomic E-state index is 0.287. The first kappa shape index (κ1) is 74.8. The molecule has 0 atom stereocenters. The smallest absolute Gasteiger partial charge is 0.416 e. The van der Waals surface area contributed by atoms with Crippen LogP contribution in [0.4, 0.5) is 105 Å². The minimum Gasteiger partial charge on any atom is -0.458 e. The monoisotopic (exact) mass is 1330 g/mol. The van der Waals surface area contributed by atoms with Crippen molar-refractivity contribution in [2.45, 2.75) is 166 Å². The Morgan fingerprint density at radius 2 is 0.648 bits per heavy atom. The molecule has 0 saturated heterocycles. The molecule has 0 amide bonds. The van der Waals surface area contributed by atoms with Crippen LogP contribution in [0.15, 0.2) is 122 Å². The standard InChI is InChI=1S/C32H12BF24.C30H47N2O2/c34-25(35,36)13-1-14(26(37,38)39)6-21(5-13)33(22-7-15(27(40,41)42)2-16(8-22)28(43,44)45,23-9-17(29(46,47)48)3-18(10-23)30(49,50)51)24-11-19(31(52,53)54)4-20(12-24)32(55,56)57;1-2-3-4-5-6-7-8-9-10-11-12-13-14-15-16-20-25-34-30(33)29-26-31-23-24-32(29)27-28-21-18-17-19-22-28/h1-12H;17-19,21-24,26H,2-16,20,25,27H2,1H3/q-1;+1. The van der Waals surface area contributed by atoms with Gasteiger partial charge in [0.1, 0.15) is 12.3 Å². The Kier molecular flexibility index (Phi) is 25.2. The first-order valence-corrected chi connectivity index (χ1v) is 28.5. The summed E-state index contributed by atoms with van der Waals surface area (Å²) in [6, 6.07) is 1.31. The number of aromatic nitrogens is 2. The molecular weight excluding hydrogens is 1270 g/mol. The molecule has 1 heterocycles. The molecule has 0 saturated carbocycles. The molecule has 0 radical (unpaired) electrons. The van der Waals surface area contributed by atoms with Gasteiger partial charge in [-0.05, 0) is 30.7 Å². The largest absolute Gasteiger partial charge is 0.458 e. The normalized spacial score (nSPS) is 13.1. The van der Waals surface area contributed by atoms with Gasteiger partial charge in [-0.15, -0.1) is 0 Å². The van der Waals surface area contributed by atoms with E-state index < -0.39 is 195 Å². The summed E-state index contributed by atoms with van der Waals surface area (Å²) in [6.45, 7) is 3.40. The Morgan fingerprint density at radius 1 is 0.385 bits per heavy atom. The predicted octanol–water partition coefficient (Wildman–Crippen LogP) is 19.1. The van der Waals surface area contributed by atoms with Gasteiger partial charge < -0.3 is 4.74 Å². The van der Waals surface area contributed by atoms with Crippen LogP contribution >= 0.6 is 0 Å². The van der Waals surface area contributed by atoms with Crippen LogP contribution in [0.1, 0.15) is 170 Å². The Labute approximate surface area is 506 Å². The van der Waals surface area contributed by atoms with Gasteiger partial charge in [0.2, 0.25) is 0 Å². The summed E-state index contributed by atoms with van der Waals surface area (Å²) in [4.78, 5) is 16.6. The highest BCUT2D eigenvalue weighted by Crippen LogP contribution is 2.42. The van der Waals surface area contributed by atoms with Gasteiger partial charge in [-0.1, -0.05) is 182 Å². The lowest BCUT2D eigenvalue weighted by Crippen LogP contribution is -2.75. The molecule has 6 rings (SSSR count). The number of nitrogens with zero attached hydrogens (tertiary/aromatic N) is 2. The number of carbonyl (C=O) groups excluding carboxylic acids is 1. The molecule has 6 aromatic rings. The third-order valence-corrected chi connectivity index (χ3v) is 14.9. The number of hydrogen-bond donors (Lipinski definition) is 0. The summed E-state index contributed by atoms with van der Waals surface area (Å²) in [7, 11) is 0. The second-order valence-corrected chi connectivity index (χ2v) is 21.7. The average molecular weight is 1330 g/mol. The maximum atomic E-state index is 14.2. The third-order valence-electron chi connectivity index (χ3n) is 14.9. The second kappa shape index (κ2) is 30.6. The minimum atomic E-state index is -6.13. The number of hydrogen-bond acceptors (Lipinski definition) is 3. The van der Waals surface area contributed by atoms with Crippen LogP contribution < -0.4 is 26.4 Å². The first-order chi connectivity index (χ1) is 42.1. The summed E-state index contributed by atoms with van der Waals surface area (Å²) in [5.41, 5.74) is -28.6. The number of unbranched alkanes of at least 4 members (excludes halogenated alkanes) is 15. The number of esters is 1. The molecule has 500 valence electrons. The van der Waals surface area contributed by atoms with Crippen molar-refractivity contribution in [1.29, 1.82) is 0 Å². The number of rotatable bonds is 24. The SMILES string of the molecule is CCCCCCCCCCCCCCCCCCOC(=O)c1cncc[n+]1Cc1ccccc1.FC(F)(F)c1cc([B-](c2cc(C(F)(F)F)cc(C(F)(F)F)c2)(c2cc(C(F)(F)F)cc(C(F)(F)F)c2)c2cc(C(F)(F)F)cc(C(F)(F)F)c2)cc(C(F)(F)F)c1. The second-order valence-electron chi connectivity index (χ2n) is 21.7. The summed E-state index contributed by atoms with van der Waals surface area (Å²) in [5.74, 6) is -0.287. The van der Waals surface area contributed by atoms with Gasteiger partial charge in [0.15, 0.2) is 12.7 Å². The van der Waals surface area contributed by atoms with Crippen molar-refractivity contribution in [2.75, 3.05) is 6.61 Å². The van der Waals surface area contributed by atoms with Crippen LogP contribution in [0.2, 0.25) is 0 Å². The van der Waals surface area contributed by atoms with E-state index in [1.807, 2.05) is 29.0 Å². The fourth-order valence-electron chi connectivity index (χ4n) is 10.4. The molecular formula is C62H59BF24N2O2. The van der Waals surface area contributed by atoms with E-state index in [0.29, 0.717) is 18.8 Å². The van der Waals surface area contributed by atoms with Crippen LogP contribution in [0.25, 0.3) is 0 Å². The third kappa shape index (κ3) is 21.6. The van der Waals surface area contributed by atoms with Crippen LogP contribution in [0.5, 0.6) is 0 Å². The zero-order valence-electron chi connectivity index (χ0n) is 48.1. The zero-order valence-corrected chi connectivity index (χ0v) is 48.1. The highest BCUT2D eigenvalue weighted by atomic mass is 19.4. The highest BCUT2D eigenvalue weighted by Gasteiger charge is 2.47. The van der Waals surface area contributed by atoms with Crippen molar-refractivity contribution in [1.82, 2.24) is 4.98 Å². The van der Waals surface area contributed by atoms with Crippen molar-refractivity contribution < 1.29 is 119 Å². The lowest BCUT2D eigenvalue weighted by atomic mass is 9.12. The number of ether oxygens (including phenoxy) is 1. The molecule has 4 nitrogen and oxygen atoms in total. The van der Waals surface area contributed by atoms with Crippen molar-refractivity contribution in [3.63, 3.8) is 0 Å². The maximum Gasteiger partial charge on any atom is 0.416 e. The van der Waals surface area contributed by atoms with Crippen molar-refractivity contribution in [2.24, 2.45) is 0 Å². The van der Waals surface area contributed by atoms with E-state index in [4.69, 9.17) is 4.74 Å². The molecule has 0 N–H and O–H groups in total. The highest BCUT2D eigenvalue weighted by molar-refractivity contribution is 7.20. The van der Waals surface area contributed by atoms with Crippen LogP contribution in [-0.4, -0.2) is 23.7 Å². The van der Waals surface area contributed by atoms with E-state index in [0.717, 1.165) is 18.4 Å². The first-order valence-electron chi connectivity index (χ1n) is 28.5. The lowest BCUT2D eigenvalue weighted by molar-refractivity contribution is -0.691. The topological polar surface area (TPSA) is 43.1 Å². The predicted molar refractivity (Wildman–Crippen MR) is 290 cm³/mol. The van der Waals surface area contributed by atoms with E-state index in [2.05, 4.69) is 24.0 Å². The summed E-state index contributed by atoms with van der Waals surface area (Å²) < 4.78 is 348. The van der Waals surface area contributed by atoms with E-state index in [-0.39, 0.29) is 5.97 Å². The molecule has 0 spiro atoms. The van der Waals surface area contributed by atoms with Crippen LogP contribution in [0.3, 0.4) is 0 Å². The fraction of sp³-hybridized carbons (Fsp3) is 0.435. The van der Waals surface area contributed by atoms with E-state index >= 15 is 0 Å². The van der Waals surface area contributed by atoms with Gasteiger partial charge in [0, 0.05) is 5.56 Å². The molecule has 1 aromatic heterocycles. The Balaban J connectivity index is 0.000000377. The van der Waals surface area contributed by atoms with Crippen LogP contribution in [-0.2, 0) is 60.7 Å². The van der Waals surface area contributed by atoms with Gasteiger partial charge in [-0.3, -0.25) is 4.98 Å². The van der Waals surface area contributed by atoms with Gasteiger partial charge in [0.25, 0.3) is 0 Å². The molecule has 0 bridgehead atoms. The van der Waals surface area contributed by atoms with Crippen molar-refractivity contribution in [3.05, 3.63) is 177 Å². The Hall–Kier alpha value is -6.97. The number of carbonyl (C=O) groups is 1. The number of benzene rings is 5. The Morgan fingerprint density at radius 3 is 0.912 bits per heavy atom. The summed E-state index contributed by atoms with van der Waals surface area (Å²) in [5, 5.41) is 0. The fourth-order valence-corrected chi connectivity index (χ4v) is 10.4. The van der Waals surface area contributed by atoms with E-state index in [9.17, 15) is 110 Å². The number of alkyl halides is 24. The van der Waals surface area contributed by atoms with E-state index in [1.165, 1.54) is 89.9 Å². The van der Waals surface area contributed by atoms with Gasteiger partial charge in [0.05, 0.1) is 57.3 Å². The van der Waals surface area contributed by atoms with Crippen molar-refractivity contribution >= 4 is 34.0 Å². The van der Waals surface area contributed by atoms with Crippen LogP contribution in [0, 0.1) is 0 Å². The van der Waals surface area contributed by atoms with Gasteiger partial charge >= 0.3 is 61.1 Å². The average Bonchev–Trinajstić information content (AvgIpc) is 0.710. The summed E-state index contributed by atoms with van der Waals surface area (Å²) >= 11 is 0. The quantitative estimate of drug-likeness (QED) is 0.0199. The molecule has 5 aromatic carbocycles. The molecule has 0 unspecified atom stereocenters. The Bertz CT molecular complexity index is 2870. The van der Waals surface area contributed by atoms with Gasteiger partial charge in [-0.2, -0.15) is 132 Å². The molecule has 0 aliphatic rings. The molecule has 0 aliphatic carbocycles.